The number of rotatable bonds is 5. The summed E-state index contributed by atoms with van der Waals surface area (Å²) in [7, 11) is 0. The topological polar surface area (TPSA) is 50.9 Å². The molecule has 3 nitrogen and oxygen atoms in total. The summed E-state index contributed by atoms with van der Waals surface area (Å²) in [6.45, 7) is 9.22. The molecule has 4 heteroatoms. The van der Waals surface area contributed by atoms with Gasteiger partial charge in [-0.2, -0.15) is 0 Å². The molecule has 0 aliphatic heterocycles. The van der Waals surface area contributed by atoms with Crippen molar-refractivity contribution in [3.63, 3.8) is 0 Å². The SMILES string of the molecule is CC(C)(C)CNCc1csc(CCN)n1. The second-order valence-corrected chi connectivity index (χ2v) is 5.88. The van der Waals surface area contributed by atoms with Gasteiger partial charge >= 0.3 is 0 Å². The van der Waals surface area contributed by atoms with E-state index in [1.165, 1.54) is 0 Å². The Kier molecular flexibility index (Phi) is 4.70. The van der Waals surface area contributed by atoms with Crippen LogP contribution in [0.1, 0.15) is 31.5 Å². The third-order valence-electron chi connectivity index (χ3n) is 1.92. The monoisotopic (exact) mass is 227 g/mol. The van der Waals surface area contributed by atoms with Gasteiger partial charge in [-0.1, -0.05) is 20.8 Å². The first-order valence-electron chi connectivity index (χ1n) is 5.35. The molecule has 15 heavy (non-hydrogen) atoms. The number of hydrogen-bond acceptors (Lipinski definition) is 4. The molecular formula is C11H21N3S. The quantitative estimate of drug-likeness (QED) is 0.806. The van der Waals surface area contributed by atoms with E-state index in [0.29, 0.717) is 12.0 Å². The van der Waals surface area contributed by atoms with Crippen molar-refractivity contribution in [2.75, 3.05) is 13.1 Å². The van der Waals surface area contributed by atoms with E-state index in [0.717, 1.165) is 30.2 Å². The number of nitrogens with zero attached hydrogens (tertiary/aromatic N) is 1. The van der Waals surface area contributed by atoms with Crippen molar-refractivity contribution < 1.29 is 0 Å². The summed E-state index contributed by atoms with van der Waals surface area (Å²) in [6.07, 6.45) is 0.893. The lowest BCUT2D eigenvalue weighted by atomic mass is 9.97. The molecule has 0 aromatic carbocycles. The van der Waals surface area contributed by atoms with E-state index in [9.17, 15) is 0 Å². The minimum atomic E-state index is 0.329. The average Bonchev–Trinajstić information content (AvgIpc) is 2.51. The van der Waals surface area contributed by atoms with Crippen LogP contribution in [-0.2, 0) is 13.0 Å². The fourth-order valence-electron chi connectivity index (χ4n) is 1.23. The van der Waals surface area contributed by atoms with E-state index in [-0.39, 0.29) is 0 Å². The molecule has 3 N–H and O–H groups in total. The predicted octanol–water partition coefficient (Wildman–Crippen LogP) is 1.78. The van der Waals surface area contributed by atoms with Gasteiger partial charge in [0.05, 0.1) is 10.7 Å². The highest BCUT2D eigenvalue weighted by Gasteiger charge is 2.09. The molecule has 0 aliphatic rings. The minimum absolute atomic E-state index is 0.329. The molecule has 0 radical (unpaired) electrons. The Balaban J connectivity index is 2.31. The number of thiazole rings is 1. The van der Waals surface area contributed by atoms with E-state index in [1.54, 1.807) is 11.3 Å². The lowest BCUT2D eigenvalue weighted by molar-refractivity contribution is 0.378. The van der Waals surface area contributed by atoms with Gasteiger partial charge in [-0.05, 0) is 12.0 Å². The van der Waals surface area contributed by atoms with Gasteiger partial charge in [0.15, 0.2) is 0 Å². The zero-order valence-electron chi connectivity index (χ0n) is 9.84. The van der Waals surface area contributed by atoms with Crippen LogP contribution in [0.15, 0.2) is 5.38 Å². The van der Waals surface area contributed by atoms with Crippen LogP contribution in [0.25, 0.3) is 0 Å². The summed E-state index contributed by atoms with van der Waals surface area (Å²) in [4.78, 5) is 4.50. The maximum absolute atomic E-state index is 5.48. The van der Waals surface area contributed by atoms with Crippen LogP contribution in [0.4, 0.5) is 0 Å². The molecule has 0 amide bonds. The van der Waals surface area contributed by atoms with E-state index in [1.807, 2.05) is 0 Å². The third-order valence-corrected chi connectivity index (χ3v) is 2.88. The highest BCUT2D eigenvalue weighted by Crippen LogP contribution is 2.12. The van der Waals surface area contributed by atoms with Crippen LogP contribution in [0.3, 0.4) is 0 Å². The Morgan fingerprint density at radius 3 is 2.80 bits per heavy atom. The lowest BCUT2D eigenvalue weighted by Gasteiger charge is -2.18. The summed E-state index contributed by atoms with van der Waals surface area (Å²) < 4.78 is 0. The van der Waals surface area contributed by atoms with Crippen LogP contribution in [0.2, 0.25) is 0 Å². The molecule has 0 fully saturated rings. The Morgan fingerprint density at radius 2 is 2.20 bits per heavy atom. The van der Waals surface area contributed by atoms with E-state index >= 15 is 0 Å². The molecule has 0 saturated heterocycles. The number of aromatic nitrogens is 1. The first-order chi connectivity index (χ1) is 7.01. The maximum atomic E-state index is 5.48. The predicted molar refractivity (Wildman–Crippen MR) is 66.0 cm³/mol. The molecular weight excluding hydrogens is 206 g/mol. The van der Waals surface area contributed by atoms with E-state index in [4.69, 9.17) is 5.73 Å². The summed E-state index contributed by atoms with van der Waals surface area (Å²) in [5, 5.41) is 6.67. The zero-order chi connectivity index (χ0) is 11.3. The van der Waals surface area contributed by atoms with E-state index < -0.39 is 0 Å². The van der Waals surface area contributed by atoms with Gasteiger partial charge in [-0.15, -0.1) is 11.3 Å². The largest absolute Gasteiger partial charge is 0.330 e. The summed E-state index contributed by atoms with van der Waals surface area (Å²) in [5.41, 5.74) is 6.94. The Labute approximate surface area is 96.1 Å². The zero-order valence-corrected chi connectivity index (χ0v) is 10.7. The molecule has 0 aliphatic carbocycles. The smallest absolute Gasteiger partial charge is 0.0941 e. The fraction of sp³-hybridized carbons (Fsp3) is 0.727. The second kappa shape index (κ2) is 5.58. The molecule has 0 saturated carbocycles. The fourth-order valence-corrected chi connectivity index (χ4v) is 2.05. The molecule has 0 unspecified atom stereocenters. The summed E-state index contributed by atoms with van der Waals surface area (Å²) in [5.74, 6) is 0. The Bertz CT molecular complexity index is 288. The second-order valence-electron chi connectivity index (χ2n) is 4.94. The molecule has 1 heterocycles. The van der Waals surface area contributed by atoms with Crippen molar-refractivity contribution in [3.8, 4) is 0 Å². The number of hydrogen-bond donors (Lipinski definition) is 2. The Hall–Kier alpha value is -0.450. The van der Waals surface area contributed by atoms with Crippen molar-refractivity contribution in [1.82, 2.24) is 10.3 Å². The number of nitrogens with one attached hydrogen (secondary N) is 1. The van der Waals surface area contributed by atoms with Crippen LogP contribution >= 0.6 is 11.3 Å². The normalized spacial score (nSPS) is 12.0. The molecule has 1 rings (SSSR count). The van der Waals surface area contributed by atoms with Gasteiger partial charge < -0.3 is 11.1 Å². The highest BCUT2D eigenvalue weighted by molar-refractivity contribution is 7.09. The lowest BCUT2D eigenvalue weighted by Crippen LogP contribution is -2.26. The highest BCUT2D eigenvalue weighted by atomic mass is 32.1. The molecule has 1 aromatic rings. The molecule has 0 atom stereocenters. The van der Waals surface area contributed by atoms with Gasteiger partial charge in [0, 0.05) is 24.9 Å². The average molecular weight is 227 g/mol. The van der Waals surface area contributed by atoms with Gasteiger partial charge in [0.1, 0.15) is 0 Å². The first kappa shape index (κ1) is 12.6. The van der Waals surface area contributed by atoms with Crippen LogP contribution < -0.4 is 11.1 Å². The Morgan fingerprint density at radius 1 is 1.47 bits per heavy atom. The van der Waals surface area contributed by atoms with Crippen molar-refractivity contribution in [2.24, 2.45) is 11.1 Å². The van der Waals surface area contributed by atoms with Gasteiger partial charge in [0.2, 0.25) is 0 Å². The molecule has 1 aromatic heterocycles. The van der Waals surface area contributed by atoms with E-state index in [2.05, 4.69) is 36.5 Å². The van der Waals surface area contributed by atoms with Crippen molar-refractivity contribution in [3.05, 3.63) is 16.1 Å². The van der Waals surface area contributed by atoms with Crippen molar-refractivity contribution in [2.45, 2.75) is 33.7 Å². The number of nitrogens with two attached hydrogens (primary N) is 1. The standard InChI is InChI=1S/C11H21N3S/c1-11(2,3)8-13-6-9-7-15-10(14-9)4-5-12/h7,13H,4-6,8,12H2,1-3H3. The minimum Gasteiger partial charge on any atom is -0.330 e. The van der Waals surface area contributed by atoms with Crippen molar-refractivity contribution >= 4 is 11.3 Å². The van der Waals surface area contributed by atoms with Gasteiger partial charge in [-0.25, -0.2) is 4.98 Å². The van der Waals surface area contributed by atoms with Crippen molar-refractivity contribution in [1.29, 1.82) is 0 Å². The summed E-state index contributed by atoms with van der Waals surface area (Å²) >= 11 is 1.70. The molecule has 86 valence electrons. The van der Waals surface area contributed by atoms with Gasteiger partial charge in [-0.3, -0.25) is 0 Å². The third kappa shape index (κ3) is 5.25. The van der Waals surface area contributed by atoms with Crippen LogP contribution in [0.5, 0.6) is 0 Å². The first-order valence-corrected chi connectivity index (χ1v) is 6.23. The summed E-state index contributed by atoms with van der Waals surface area (Å²) in [6, 6.07) is 0. The maximum Gasteiger partial charge on any atom is 0.0941 e. The molecule has 0 bridgehead atoms. The van der Waals surface area contributed by atoms with Gasteiger partial charge in [0.25, 0.3) is 0 Å². The van der Waals surface area contributed by atoms with Crippen LogP contribution in [0, 0.1) is 5.41 Å². The molecule has 0 spiro atoms. The van der Waals surface area contributed by atoms with Crippen LogP contribution in [-0.4, -0.2) is 18.1 Å².